The number of para-hydroxylation sites is 1. The van der Waals surface area contributed by atoms with Crippen LogP contribution in [0, 0.1) is 0 Å². The monoisotopic (exact) mass is 224 g/mol. The molecule has 0 saturated heterocycles. The Bertz CT molecular complexity index is 707. The number of hydrogen-bond donors (Lipinski definition) is 1. The summed E-state index contributed by atoms with van der Waals surface area (Å²) in [4.78, 5) is 4.59. The van der Waals surface area contributed by atoms with Gasteiger partial charge in [0.15, 0.2) is 5.75 Å². The van der Waals surface area contributed by atoms with E-state index in [1.807, 2.05) is 36.4 Å². The molecule has 84 valence electrons. The summed E-state index contributed by atoms with van der Waals surface area (Å²) in [7, 11) is 1.63. The highest BCUT2D eigenvalue weighted by molar-refractivity contribution is 5.98. The average Bonchev–Trinajstić information content (AvgIpc) is 2.36. The molecule has 0 radical (unpaired) electrons. The van der Waals surface area contributed by atoms with Crippen LogP contribution in [0.15, 0.2) is 42.5 Å². The highest BCUT2D eigenvalue weighted by atomic mass is 16.5. The molecule has 0 aliphatic heterocycles. The van der Waals surface area contributed by atoms with Crippen molar-refractivity contribution in [2.75, 3.05) is 12.8 Å². The second-order valence-corrected chi connectivity index (χ2v) is 3.94. The van der Waals surface area contributed by atoms with E-state index in [1.165, 1.54) is 0 Å². The van der Waals surface area contributed by atoms with Gasteiger partial charge in [-0.3, -0.25) is 0 Å². The van der Waals surface area contributed by atoms with Gasteiger partial charge in [0, 0.05) is 10.8 Å². The van der Waals surface area contributed by atoms with E-state index in [9.17, 15) is 0 Å². The van der Waals surface area contributed by atoms with Gasteiger partial charge in [0.25, 0.3) is 0 Å². The number of nitrogen functional groups attached to an aromatic ring is 1. The topological polar surface area (TPSA) is 48.1 Å². The van der Waals surface area contributed by atoms with Gasteiger partial charge in [-0.2, -0.15) is 0 Å². The number of fused-ring (bicyclic) bond motifs is 2. The normalized spacial score (nSPS) is 10.9. The van der Waals surface area contributed by atoms with Crippen LogP contribution in [-0.2, 0) is 0 Å². The Hall–Kier alpha value is -2.29. The minimum atomic E-state index is 0.636. The summed E-state index contributed by atoms with van der Waals surface area (Å²) < 4.78 is 5.34. The minimum absolute atomic E-state index is 0.636. The van der Waals surface area contributed by atoms with Gasteiger partial charge in [0.1, 0.15) is 0 Å². The lowest BCUT2D eigenvalue weighted by Gasteiger charge is -2.09. The molecule has 2 N–H and O–H groups in total. The highest BCUT2D eigenvalue weighted by Gasteiger charge is 2.07. The Balaban J connectivity index is 2.47. The molecule has 0 aliphatic rings. The van der Waals surface area contributed by atoms with Crippen molar-refractivity contribution in [3.8, 4) is 5.75 Å². The summed E-state index contributed by atoms with van der Waals surface area (Å²) in [6.45, 7) is 0. The van der Waals surface area contributed by atoms with E-state index in [1.54, 1.807) is 7.11 Å². The second kappa shape index (κ2) is 3.63. The zero-order valence-electron chi connectivity index (χ0n) is 9.47. The molecule has 0 aliphatic carbocycles. The van der Waals surface area contributed by atoms with Gasteiger partial charge in [-0.25, -0.2) is 4.98 Å². The van der Waals surface area contributed by atoms with Crippen molar-refractivity contribution in [3.63, 3.8) is 0 Å². The molecule has 2 aromatic carbocycles. The molecule has 0 unspecified atom stereocenters. The fourth-order valence-electron chi connectivity index (χ4n) is 2.07. The fraction of sp³-hybridized carbons (Fsp3) is 0.0714. The highest BCUT2D eigenvalue weighted by Crippen LogP contribution is 2.32. The number of nitrogens with two attached hydrogens (primary N) is 1. The molecule has 0 bridgehead atoms. The van der Waals surface area contributed by atoms with Crippen molar-refractivity contribution in [2.45, 2.75) is 0 Å². The molecule has 0 spiro atoms. The number of rotatable bonds is 1. The molecule has 3 aromatic rings. The number of benzene rings is 2. The number of aromatic nitrogens is 1. The maximum absolute atomic E-state index is 5.89. The third-order valence-electron chi connectivity index (χ3n) is 2.89. The van der Waals surface area contributed by atoms with E-state index in [2.05, 4.69) is 11.1 Å². The lowest BCUT2D eigenvalue weighted by molar-refractivity contribution is 0.422. The first-order chi connectivity index (χ1) is 8.29. The summed E-state index contributed by atoms with van der Waals surface area (Å²) >= 11 is 0. The molecule has 3 heteroatoms. The van der Waals surface area contributed by atoms with Crippen LogP contribution in [0.4, 0.5) is 5.69 Å². The van der Waals surface area contributed by atoms with Crippen LogP contribution in [0.1, 0.15) is 0 Å². The average molecular weight is 224 g/mol. The number of anilines is 1. The predicted molar refractivity (Wildman–Crippen MR) is 70.2 cm³/mol. The second-order valence-electron chi connectivity index (χ2n) is 3.94. The SMILES string of the molecule is COc1c(N)ccc2nc3ccccc3cc12. The summed E-state index contributed by atoms with van der Waals surface area (Å²) in [5, 5.41) is 2.04. The van der Waals surface area contributed by atoms with E-state index in [0.717, 1.165) is 21.8 Å². The van der Waals surface area contributed by atoms with Crippen LogP contribution in [0.5, 0.6) is 5.75 Å². The summed E-state index contributed by atoms with van der Waals surface area (Å²) in [5.41, 5.74) is 8.40. The van der Waals surface area contributed by atoms with Gasteiger partial charge in [0.05, 0.1) is 23.8 Å². The number of methoxy groups -OCH3 is 1. The zero-order chi connectivity index (χ0) is 11.8. The van der Waals surface area contributed by atoms with Crippen molar-refractivity contribution in [1.82, 2.24) is 4.98 Å². The lowest BCUT2D eigenvalue weighted by atomic mass is 10.1. The predicted octanol–water partition coefficient (Wildman–Crippen LogP) is 2.98. The molecule has 3 rings (SSSR count). The lowest BCUT2D eigenvalue weighted by Crippen LogP contribution is -1.94. The number of pyridine rings is 1. The van der Waals surface area contributed by atoms with E-state index >= 15 is 0 Å². The number of hydrogen-bond acceptors (Lipinski definition) is 3. The largest absolute Gasteiger partial charge is 0.494 e. The molecular weight excluding hydrogens is 212 g/mol. The molecular formula is C14H12N2O. The Morgan fingerprint density at radius 2 is 1.88 bits per heavy atom. The number of nitrogens with zero attached hydrogens (tertiary/aromatic N) is 1. The van der Waals surface area contributed by atoms with Crippen LogP contribution < -0.4 is 10.5 Å². The molecule has 1 heterocycles. The van der Waals surface area contributed by atoms with E-state index in [-0.39, 0.29) is 0 Å². The van der Waals surface area contributed by atoms with Crippen molar-refractivity contribution < 1.29 is 4.74 Å². The first-order valence-electron chi connectivity index (χ1n) is 5.41. The Kier molecular flexibility index (Phi) is 2.11. The maximum Gasteiger partial charge on any atom is 0.151 e. The molecule has 0 fully saturated rings. The van der Waals surface area contributed by atoms with Crippen LogP contribution in [0.2, 0.25) is 0 Å². The molecule has 0 saturated carbocycles. The van der Waals surface area contributed by atoms with Gasteiger partial charge in [0.2, 0.25) is 0 Å². The van der Waals surface area contributed by atoms with Crippen LogP contribution in [0.3, 0.4) is 0 Å². The van der Waals surface area contributed by atoms with Crippen LogP contribution >= 0.6 is 0 Å². The first-order valence-corrected chi connectivity index (χ1v) is 5.41. The fourth-order valence-corrected chi connectivity index (χ4v) is 2.07. The summed E-state index contributed by atoms with van der Waals surface area (Å²) in [5.74, 6) is 0.695. The summed E-state index contributed by atoms with van der Waals surface area (Å²) in [6, 6.07) is 13.8. The van der Waals surface area contributed by atoms with Crippen molar-refractivity contribution in [2.24, 2.45) is 0 Å². The Morgan fingerprint density at radius 3 is 2.71 bits per heavy atom. The van der Waals surface area contributed by atoms with Gasteiger partial charge >= 0.3 is 0 Å². The standard InChI is InChI=1S/C14H12N2O/c1-17-14-10-8-9-4-2-3-5-12(9)16-13(10)7-6-11(14)15/h2-8H,15H2,1H3. The molecule has 0 amide bonds. The van der Waals surface area contributed by atoms with Gasteiger partial charge < -0.3 is 10.5 Å². The summed E-state index contributed by atoms with van der Waals surface area (Å²) in [6.07, 6.45) is 0. The Morgan fingerprint density at radius 1 is 1.06 bits per heavy atom. The third-order valence-corrected chi connectivity index (χ3v) is 2.89. The van der Waals surface area contributed by atoms with Gasteiger partial charge in [-0.1, -0.05) is 18.2 Å². The van der Waals surface area contributed by atoms with Crippen molar-refractivity contribution >= 4 is 27.5 Å². The van der Waals surface area contributed by atoms with E-state index in [4.69, 9.17) is 10.5 Å². The van der Waals surface area contributed by atoms with Crippen LogP contribution in [0.25, 0.3) is 21.8 Å². The maximum atomic E-state index is 5.89. The van der Waals surface area contributed by atoms with Crippen molar-refractivity contribution in [1.29, 1.82) is 0 Å². The molecule has 3 nitrogen and oxygen atoms in total. The van der Waals surface area contributed by atoms with Crippen LogP contribution in [-0.4, -0.2) is 12.1 Å². The number of ether oxygens (including phenoxy) is 1. The van der Waals surface area contributed by atoms with Crippen molar-refractivity contribution in [3.05, 3.63) is 42.5 Å². The quantitative estimate of drug-likeness (QED) is 0.510. The third kappa shape index (κ3) is 1.47. The Labute approximate surface area is 98.8 Å². The smallest absolute Gasteiger partial charge is 0.151 e. The zero-order valence-corrected chi connectivity index (χ0v) is 9.47. The molecule has 17 heavy (non-hydrogen) atoms. The van der Waals surface area contributed by atoms with E-state index in [0.29, 0.717) is 11.4 Å². The van der Waals surface area contributed by atoms with E-state index < -0.39 is 0 Å². The van der Waals surface area contributed by atoms with Gasteiger partial charge in [-0.15, -0.1) is 0 Å². The molecule has 0 atom stereocenters. The molecule has 1 aromatic heterocycles. The minimum Gasteiger partial charge on any atom is -0.494 e. The van der Waals surface area contributed by atoms with Gasteiger partial charge in [-0.05, 0) is 24.3 Å². The first kappa shape index (κ1) is 9.90.